The van der Waals surface area contributed by atoms with E-state index in [2.05, 4.69) is 0 Å². The highest BCUT2D eigenvalue weighted by Gasteiger charge is 2.38. The molecule has 4 aromatic carbocycles. The number of carbonyl (C=O) groups excluding carboxylic acids is 2. The highest BCUT2D eigenvalue weighted by atomic mass is 32.2. The maximum absolute atomic E-state index is 13.7. The molecule has 1 fully saturated rings. The molecule has 1 atom stereocenters. The SMILES string of the molecule is O=C(Cc1ccc2c3c(cccc13)C(=O)N2Cc1ccccc1)C1CCCCN1S(=O)(=O)c1ccc([N+](=O)[O-])cc1. The summed E-state index contributed by atoms with van der Waals surface area (Å²) < 4.78 is 28.3. The molecule has 2 aliphatic heterocycles. The van der Waals surface area contributed by atoms with Gasteiger partial charge in [-0.25, -0.2) is 8.42 Å². The van der Waals surface area contributed by atoms with E-state index in [-0.39, 0.29) is 35.2 Å². The maximum Gasteiger partial charge on any atom is 0.269 e. The van der Waals surface area contributed by atoms with Crippen molar-refractivity contribution >= 4 is 43.9 Å². The van der Waals surface area contributed by atoms with Crippen LogP contribution in [-0.2, 0) is 27.8 Å². The predicted octanol–water partition coefficient (Wildman–Crippen LogP) is 5.26. The molecule has 0 aromatic heterocycles. The van der Waals surface area contributed by atoms with Gasteiger partial charge in [0.25, 0.3) is 11.6 Å². The van der Waals surface area contributed by atoms with Crippen LogP contribution in [0.1, 0.15) is 40.7 Å². The van der Waals surface area contributed by atoms with Crippen molar-refractivity contribution in [2.24, 2.45) is 0 Å². The van der Waals surface area contributed by atoms with E-state index in [9.17, 15) is 28.1 Å². The monoisotopic (exact) mass is 569 g/mol. The normalized spacial score (nSPS) is 17.2. The van der Waals surface area contributed by atoms with Gasteiger partial charge in [0.1, 0.15) is 0 Å². The lowest BCUT2D eigenvalue weighted by molar-refractivity contribution is -0.384. The number of amides is 1. The average Bonchev–Trinajstić information content (AvgIpc) is 3.26. The Labute approximate surface area is 237 Å². The first-order valence-electron chi connectivity index (χ1n) is 13.4. The lowest BCUT2D eigenvalue weighted by Crippen LogP contribution is -2.48. The van der Waals surface area contributed by atoms with Crippen LogP contribution >= 0.6 is 0 Å². The van der Waals surface area contributed by atoms with Crippen LogP contribution in [0.15, 0.2) is 89.8 Å². The van der Waals surface area contributed by atoms with Gasteiger partial charge in [-0.3, -0.25) is 19.7 Å². The largest absolute Gasteiger partial charge is 0.303 e. The average molecular weight is 570 g/mol. The molecule has 0 bridgehead atoms. The minimum absolute atomic E-state index is 0.0179. The smallest absolute Gasteiger partial charge is 0.269 e. The summed E-state index contributed by atoms with van der Waals surface area (Å²) in [6.45, 7) is 0.627. The van der Waals surface area contributed by atoms with Crippen molar-refractivity contribution in [1.82, 2.24) is 4.31 Å². The molecular formula is C31H27N3O6S. The van der Waals surface area contributed by atoms with Gasteiger partial charge < -0.3 is 4.90 Å². The van der Waals surface area contributed by atoms with Crippen LogP contribution in [0.25, 0.3) is 10.8 Å². The number of sulfonamides is 1. The van der Waals surface area contributed by atoms with Crippen LogP contribution in [0.4, 0.5) is 11.4 Å². The second kappa shape index (κ2) is 10.5. The highest BCUT2D eigenvalue weighted by Crippen LogP contribution is 2.40. The van der Waals surface area contributed by atoms with Gasteiger partial charge in [0, 0.05) is 36.0 Å². The van der Waals surface area contributed by atoms with E-state index in [1.807, 2.05) is 54.6 Å². The Bertz CT molecular complexity index is 1790. The van der Waals surface area contributed by atoms with E-state index in [1.54, 1.807) is 11.0 Å². The summed E-state index contributed by atoms with van der Waals surface area (Å²) in [5.74, 6) is -0.313. The number of nitro groups is 1. The van der Waals surface area contributed by atoms with Gasteiger partial charge in [-0.1, -0.05) is 55.0 Å². The summed E-state index contributed by atoms with van der Waals surface area (Å²) in [6.07, 6.45) is 1.76. The Morgan fingerprint density at radius 2 is 1.68 bits per heavy atom. The number of piperidine rings is 1. The third kappa shape index (κ3) is 4.79. The third-order valence-corrected chi connectivity index (χ3v) is 9.83. The molecule has 0 aliphatic carbocycles. The van der Waals surface area contributed by atoms with Crippen LogP contribution in [0.3, 0.4) is 0 Å². The molecule has 1 saturated heterocycles. The molecule has 10 heteroatoms. The van der Waals surface area contributed by atoms with Crippen molar-refractivity contribution in [1.29, 1.82) is 0 Å². The van der Waals surface area contributed by atoms with E-state index in [1.165, 1.54) is 16.4 Å². The molecule has 9 nitrogen and oxygen atoms in total. The molecule has 2 aliphatic rings. The fraction of sp³-hybridized carbons (Fsp3) is 0.226. The first-order valence-corrected chi connectivity index (χ1v) is 14.9. The Balaban J connectivity index is 1.29. The van der Waals surface area contributed by atoms with Gasteiger partial charge in [-0.05, 0) is 53.6 Å². The van der Waals surface area contributed by atoms with Crippen molar-refractivity contribution in [2.45, 2.75) is 43.2 Å². The number of nitro benzene ring substituents is 1. The number of rotatable bonds is 8. The summed E-state index contributed by atoms with van der Waals surface area (Å²) in [6, 6.07) is 22.9. The van der Waals surface area contributed by atoms with Crippen molar-refractivity contribution < 1.29 is 22.9 Å². The van der Waals surface area contributed by atoms with Gasteiger partial charge in [0.05, 0.1) is 28.1 Å². The molecule has 1 unspecified atom stereocenters. The number of hydrogen-bond acceptors (Lipinski definition) is 6. The molecule has 0 radical (unpaired) electrons. The van der Waals surface area contributed by atoms with Crippen LogP contribution in [-0.4, -0.2) is 41.9 Å². The summed E-state index contributed by atoms with van der Waals surface area (Å²) in [5, 5.41) is 12.6. The number of ketones is 1. The molecule has 0 saturated carbocycles. The van der Waals surface area contributed by atoms with Crippen LogP contribution < -0.4 is 4.90 Å². The highest BCUT2D eigenvalue weighted by molar-refractivity contribution is 7.89. The first kappa shape index (κ1) is 26.8. The van der Waals surface area contributed by atoms with Gasteiger partial charge in [0.15, 0.2) is 5.78 Å². The van der Waals surface area contributed by atoms with E-state index in [4.69, 9.17) is 0 Å². The Morgan fingerprint density at radius 3 is 2.41 bits per heavy atom. The van der Waals surface area contributed by atoms with Crippen LogP contribution in [0, 0.1) is 10.1 Å². The number of non-ortho nitro benzene ring substituents is 1. The maximum atomic E-state index is 13.7. The summed E-state index contributed by atoms with van der Waals surface area (Å²) in [7, 11) is -4.04. The second-order valence-corrected chi connectivity index (χ2v) is 12.3. The molecule has 208 valence electrons. The lowest BCUT2D eigenvalue weighted by Gasteiger charge is -2.33. The zero-order valence-corrected chi connectivity index (χ0v) is 22.9. The summed E-state index contributed by atoms with van der Waals surface area (Å²) in [5.41, 5.74) is 2.92. The number of carbonyl (C=O) groups is 2. The fourth-order valence-corrected chi connectivity index (χ4v) is 7.56. The van der Waals surface area contributed by atoms with Crippen LogP contribution in [0.5, 0.6) is 0 Å². The van der Waals surface area contributed by atoms with E-state index in [0.29, 0.717) is 24.9 Å². The molecular weight excluding hydrogens is 542 g/mol. The first-order chi connectivity index (χ1) is 19.8. The van der Waals surface area contributed by atoms with Gasteiger partial charge in [-0.15, -0.1) is 0 Å². The number of anilines is 1. The zero-order chi connectivity index (χ0) is 28.7. The van der Waals surface area contributed by atoms with Crippen molar-refractivity contribution in [2.75, 3.05) is 11.4 Å². The van der Waals surface area contributed by atoms with Gasteiger partial charge in [0.2, 0.25) is 10.0 Å². The molecule has 1 amide bonds. The quantitative estimate of drug-likeness (QED) is 0.211. The lowest BCUT2D eigenvalue weighted by atomic mass is 9.93. The number of nitrogens with zero attached hydrogens (tertiary/aromatic N) is 3. The molecule has 4 aromatic rings. The summed E-state index contributed by atoms with van der Waals surface area (Å²) >= 11 is 0. The zero-order valence-electron chi connectivity index (χ0n) is 22.1. The number of hydrogen-bond donors (Lipinski definition) is 0. The third-order valence-electron chi connectivity index (χ3n) is 7.90. The van der Waals surface area contributed by atoms with E-state index < -0.39 is 21.0 Å². The Kier molecular flexibility index (Phi) is 6.88. The number of benzene rings is 4. The Morgan fingerprint density at radius 1 is 0.927 bits per heavy atom. The summed E-state index contributed by atoms with van der Waals surface area (Å²) in [4.78, 5) is 39.2. The van der Waals surface area contributed by atoms with Crippen molar-refractivity contribution in [3.8, 4) is 0 Å². The van der Waals surface area contributed by atoms with E-state index >= 15 is 0 Å². The minimum Gasteiger partial charge on any atom is -0.303 e. The standard InChI is InChI=1S/C31H27N3O6S/c35-29(27-11-4-5-18-33(27)41(39,40)24-15-13-23(14-16-24)34(37)38)19-22-12-17-28-30-25(22)9-6-10-26(30)31(36)32(28)20-21-7-2-1-3-8-21/h1-3,6-10,12-17,27H,4-5,11,18-20H2. The van der Waals surface area contributed by atoms with Crippen molar-refractivity contribution in [3.63, 3.8) is 0 Å². The molecule has 2 heterocycles. The van der Waals surface area contributed by atoms with Gasteiger partial charge in [-0.2, -0.15) is 4.31 Å². The molecule has 41 heavy (non-hydrogen) atoms. The molecule has 0 spiro atoms. The molecule has 6 rings (SSSR count). The van der Waals surface area contributed by atoms with Crippen LogP contribution in [0.2, 0.25) is 0 Å². The van der Waals surface area contributed by atoms with Crippen molar-refractivity contribution in [3.05, 3.63) is 112 Å². The van der Waals surface area contributed by atoms with Gasteiger partial charge >= 0.3 is 0 Å². The fourth-order valence-electron chi connectivity index (χ4n) is 5.88. The predicted molar refractivity (Wildman–Crippen MR) is 154 cm³/mol. The number of Topliss-reactive ketones (excluding diaryl/α,β-unsaturated/α-hetero) is 1. The minimum atomic E-state index is -4.04. The topological polar surface area (TPSA) is 118 Å². The Hall–Kier alpha value is -4.41. The second-order valence-electron chi connectivity index (χ2n) is 10.4. The molecule has 0 N–H and O–H groups in total. The van der Waals surface area contributed by atoms with E-state index in [0.717, 1.165) is 46.1 Å².